The number of imidazole rings is 1. The number of nitro groups is 1. The van der Waals surface area contributed by atoms with Crippen molar-refractivity contribution >= 4 is 28.8 Å². The van der Waals surface area contributed by atoms with Gasteiger partial charge in [0.2, 0.25) is 0 Å². The smallest absolute Gasteiger partial charge is 0.415 e. The molecule has 3 aliphatic rings. The third-order valence-electron chi connectivity index (χ3n) is 8.76. The highest BCUT2D eigenvalue weighted by Crippen LogP contribution is 2.32. The summed E-state index contributed by atoms with van der Waals surface area (Å²) >= 11 is 6.07. The SMILES string of the molecule is CN(c1ccc(Cl)cc1)C1CCN(C2CCN(c3ccc(OCC4(C)Cn5cc([N+](=O)[O-])nc5O4)cc3)CC2)CC1. The molecule has 2 aromatic carbocycles. The topological polar surface area (TPSA) is 89.1 Å². The van der Waals surface area contributed by atoms with Crippen molar-refractivity contribution in [1.82, 2.24) is 14.5 Å². The zero-order chi connectivity index (χ0) is 28.6. The monoisotopic (exact) mass is 580 g/mol. The van der Waals surface area contributed by atoms with Crippen molar-refractivity contribution in [3.8, 4) is 11.8 Å². The number of benzene rings is 2. The second-order valence-corrected chi connectivity index (χ2v) is 12.1. The van der Waals surface area contributed by atoms with Crippen LogP contribution in [0, 0.1) is 10.1 Å². The summed E-state index contributed by atoms with van der Waals surface area (Å²) < 4.78 is 13.6. The second kappa shape index (κ2) is 11.4. The number of piperidine rings is 2. The van der Waals surface area contributed by atoms with E-state index in [-0.39, 0.29) is 11.8 Å². The summed E-state index contributed by atoms with van der Waals surface area (Å²) in [6.07, 6.45) is 6.14. The molecule has 0 saturated carbocycles. The Morgan fingerprint density at radius 1 is 1.07 bits per heavy atom. The van der Waals surface area contributed by atoms with Crippen LogP contribution in [0.5, 0.6) is 11.8 Å². The highest BCUT2D eigenvalue weighted by Gasteiger charge is 2.41. The highest BCUT2D eigenvalue weighted by atomic mass is 35.5. The molecule has 0 amide bonds. The zero-order valence-electron chi connectivity index (χ0n) is 23.6. The van der Waals surface area contributed by atoms with Crippen molar-refractivity contribution < 1.29 is 14.4 Å². The van der Waals surface area contributed by atoms with Gasteiger partial charge < -0.3 is 34.3 Å². The standard InChI is InChI=1S/C30H37ClN6O4/c1-30(20-36-19-28(37(38)39)32-29(36)41-30)21-40-27-9-7-25(8-10-27)34-17-13-26(14-18-34)35-15-11-24(12-16-35)33(2)23-5-3-22(31)4-6-23/h3-10,19,24,26H,11-18,20-21H2,1-2H3. The van der Waals surface area contributed by atoms with Crippen LogP contribution in [0.2, 0.25) is 5.02 Å². The van der Waals surface area contributed by atoms with Crippen LogP contribution in [-0.2, 0) is 6.54 Å². The van der Waals surface area contributed by atoms with Gasteiger partial charge in [-0.1, -0.05) is 11.6 Å². The first-order chi connectivity index (χ1) is 19.8. The Labute approximate surface area is 245 Å². The van der Waals surface area contributed by atoms with Gasteiger partial charge in [0.05, 0.1) is 6.54 Å². The molecule has 6 rings (SSSR count). The predicted octanol–water partition coefficient (Wildman–Crippen LogP) is 5.24. The van der Waals surface area contributed by atoms with Gasteiger partial charge in [-0.2, -0.15) is 0 Å². The molecule has 1 unspecified atom stereocenters. The van der Waals surface area contributed by atoms with Crippen LogP contribution in [-0.4, -0.2) is 76.9 Å². The maximum absolute atomic E-state index is 10.9. The van der Waals surface area contributed by atoms with Gasteiger partial charge in [-0.15, -0.1) is 0 Å². The molecule has 41 heavy (non-hydrogen) atoms. The van der Waals surface area contributed by atoms with E-state index < -0.39 is 10.5 Å². The fraction of sp³-hybridized carbons (Fsp3) is 0.500. The number of anilines is 2. The summed E-state index contributed by atoms with van der Waals surface area (Å²) in [4.78, 5) is 21.9. The summed E-state index contributed by atoms with van der Waals surface area (Å²) in [6, 6.07) is 17.9. The third-order valence-corrected chi connectivity index (χ3v) is 9.02. The van der Waals surface area contributed by atoms with Gasteiger partial charge in [-0.25, -0.2) is 0 Å². The van der Waals surface area contributed by atoms with Crippen molar-refractivity contribution in [1.29, 1.82) is 0 Å². The Kier molecular flexibility index (Phi) is 7.70. The van der Waals surface area contributed by atoms with Crippen molar-refractivity contribution in [2.24, 2.45) is 0 Å². The molecule has 1 aromatic heterocycles. The highest BCUT2D eigenvalue weighted by molar-refractivity contribution is 6.30. The molecule has 0 radical (unpaired) electrons. The predicted molar refractivity (Wildman–Crippen MR) is 160 cm³/mol. The molecule has 2 saturated heterocycles. The van der Waals surface area contributed by atoms with E-state index in [1.54, 1.807) is 4.57 Å². The summed E-state index contributed by atoms with van der Waals surface area (Å²) in [7, 11) is 2.20. The largest absolute Gasteiger partial charge is 0.489 e. The van der Waals surface area contributed by atoms with E-state index in [0.717, 1.165) is 37.0 Å². The summed E-state index contributed by atoms with van der Waals surface area (Å²) in [6.45, 7) is 7.11. The van der Waals surface area contributed by atoms with Crippen LogP contribution in [0.3, 0.4) is 0 Å². The number of aromatic nitrogens is 2. The number of hydrogen-bond acceptors (Lipinski definition) is 8. The molecule has 218 valence electrons. The van der Waals surface area contributed by atoms with Gasteiger partial charge in [0, 0.05) is 66.7 Å². The Morgan fingerprint density at radius 3 is 2.39 bits per heavy atom. The number of halogens is 1. The third kappa shape index (κ3) is 6.08. The minimum absolute atomic E-state index is 0.203. The summed E-state index contributed by atoms with van der Waals surface area (Å²) in [5, 5.41) is 11.7. The molecule has 3 aliphatic heterocycles. The van der Waals surface area contributed by atoms with E-state index in [0.29, 0.717) is 25.2 Å². The lowest BCUT2D eigenvalue weighted by molar-refractivity contribution is -0.389. The van der Waals surface area contributed by atoms with Gasteiger partial charge >= 0.3 is 11.8 Å². The van der Waals surface area contributed by atoms with Gasteiger partial charge in [-0.3, -0.25) is 4.57 Å². The molecule has 10 nitrogen and oxygen atoms in total. The van der Waals surface area contributed by atoms with Gasteiger partial charge in [0.25, 0.3) is 0 Å². The average Bonchev–Trinajstić information content (AvgIpc) is 3.52. The van der Waals surface area contributed by atoms with Crippen molar-refractivity contribution in [2.75, 3.05) is 49.6 Å². The maximum atomic E-state index is 10.9. The Bertz CT molecular complexity index is 1320. The fourth-order valence-electron chi connectivity index (χ4n) is 6.36. The van der Waals surface area contributed by atoms with E-state index >= 15 is 0 Å². The molecular formula is C30H37ClN6O4. The van der Waals surface area contributed by atoms with Crippen molar-refractivity contribution in [3.63, 3.8) is 0 Å². The summed E-state index contributed by atoms with van der Waals surface area (Å²) in [5.41, 5.74) is 1.83. The molecule has 0 bridgehead atoms. The van der Waals surface area contributed by atoms with Crippen LogP contribution >= 0.6 is 11.6 Å². The van der Waals surface area contributed by atoms with Crippen LogP contribution in [0.4, 0.5) is 17.2 Å². The lowest BCUT2D eigenvalue weighted by Crippen LogP contribution is -2.50. The lowest BCUT2D eigenvalue weighted by Gasteiger charge is -2.44. The van der Waals surface area contributed by atoms with Crippen LogP contribution in [0.15, 0.2) is 54.7 Å². The Hall–Kier alpha value is -3.50. The van der Waals surface area contributed by atoms with E-state index in [2.05, 4.69) is 51.0 Å². The van der Waals surface area contributed by atoms with E-state index in [9.17, 15) is 10.1 Å². The van der Waals surface area contributed by atoms with Gasteiger partial charge in [0.1, 0.15) is 18.6 Å². The quantitative estimate of drug-likeness (QED) is 0.264. The number of likely N-dealkylation sites (tertiary alicyclic amines) is 1. The molecule has 4 heterocycles. The number of rotatable bonds is 8. The van der Waals surface area contributed by atoms with Crippen molar-refractivity contribution in [3.05, 3.63) is 69.9 Å². The van der Waals surface area contributed by atoms with Crippen LogP contribution < -0.4 is 19.3 Å². The average molecular weight is 581 g/mol. The normalized spacial score (nSPS) is 21.9. The minimum Gasteiger partial charge on any atom is -0.489 e. The first-order valence-corrected chi connectivity index (χ1v) is 14.7. The van der Waals surface area contributed by atoms with Gasteiger partial charge in [0.15, 0.2) is 5.60 Å². The molecule has 0 N–H and O–H groups in total. The Morgan fingerprint density at radius 2 is 1.76 bits per heavy atom. The Balaban J connectivity index is 0.942. The minimum atomic E-state index is -0.627. The number of hydrogen-bond donors (Lipinski definition) is 0. The summed E-state index contributed by atoms with van der Waals surface area (Å²) in [5.74, 6) is 0.570. The molecular weight excluding hydrogens is 544 g/mol. The maximum Gasteiger partial charge on any atom is 0.415 e. The van der Waals surface area contributed by atoms with Crippen LogP contribution in [0.1, 0.15) is 32.6 Å². The molecule has 2 fully saturated rings. The first kappa shape index (κ1) is 27.7. The molecule has 1 atom stereocenters. The van der Waals surface area contributed by atoms with E-state index in [1.807, 2.05) is 31.2 Å². The van der Waals surface area contributed by atoms with Crippen molar-refractivity contribution in [2.45, 2.75) is 56.8 Å². The lowest BCUT2D eigenvalue weighted by atomic mass is 9.96. The first-order valence-electron chi connectivity index (χ1n) is 14.4. The van der Waals surface area contributed by atoms with E-state index in [4.69, 9.17) is 21.1 Å². The number of nitrogens with zero attached hydrogens (tertiary/aromatic N) is 6. The van der Waals surface area contributed by atoms with E-state index in [1.165, 1.54) is 43.3 Å². The molecule has 3 aromatic rings. The molecule has 11 heteroatoms. The zero-order valence-corrected chi connectivity index (χ0v) is 24.4. The number of ether oxygens (including phenoxy) is 2. The van der Waals surface area contributed by atoms with Crippen LogP contribution in [0.25, 0.3) is 0 Å². The number of fused-ring (bicyclic) bond motifs is 1. The molecule has 0 spiro atoms. The fourth-order valence-corrected chi connectivity index (χ4v) is 6.49. The molecule has 0 aliphatic carbocycles. The second-order valence-electron chi connectivity index (χ2n) is 11.7. The van der Waals surface area contributed by atoms with Gasteiger partial charge in [-0.05, 0) is 86.1 Å².